The molecule has 0 saturated carbocycles. The molecule has 0 radical (unpaired) electrons. The van der Waals surface area contributed by atoms with Crippen LogP contribution in [0, 0.1) is 17.6 Å². The van der Waals surface area contributed by atoms with Crippen LogP contribution in [0.15, 0.2) is 18.2 Å². The Labute approximate surface area is 110 Å². The van der Waals surface area contributed by atoms with Crippen molar-refractivity contribution in [1.29, 1.82) is 0 Å². The zero-order valence-electron chi connectivity index (χ0n) is 10.5. The number of halogens is 2. The summed E-state index contributed by atoms with van der Waals surface area (Å²) >= 11 is 0. The molecule has 1 N–H and O–H groups in total. The number of rotatable bonds is 2. The molecule has 3 rings (SSSR count). The van der Waals surface area contributed by atoms with Crippen molar-refractivity contribution in [2.45, 2.75) is 18.9 Å². The lowest BCUT2D eigenvalue weighted by atomic mass is 10.0. The Balaban J connectivity index is 1.75. The van der Waals surface area contributed by atoms with Gasteiger partial charge in [0.05, 0.1) is 6.42 Å². The number of carbonyl (C=O) groups excluding carboxylic acids is 1. The van der Waals surface area contributed by atoms with Crippen molar-refractivity contribution in [3.05, 3.63) is 35.4 Å². The van der Waals surface area contributed by atoms with Crippen molar-refractivity contribution in [2.24, 2.45) is 5.92 Å². The second-order valence-electron chi connectivity index (χ2n) is 5.24. The molecular formula is C14H16F2N2O. The third-order valence-electron chi connectivity index (χ3n) is 4.16. The van der Waals surface area contributed by atoms with Crippen molar-refractivity contribution in [2.75, 3.05) is 19.6 Å². The summed E-state index contributed by atoms with van der Waals surface area (Å²) in [6, 6.07) is 3.89. The molecule has 1 aromatic carbocycles. The molecule has 0 aliphatic carbocycles. The number of amides is 1. The molecule has 19 heavy (non-hydrogen) atoms. The van der Waals surface area contributed by atoms with Crippen LogP contribution < -0.4 is 5.32 Å². The molecule has 2 saturated heterocycles. The molecule has 1 aromatic rings. The first-order chi connectivity index (χ1) is 9.16. The zero-order chi connectivity index (χ0) is 13.4. The Kier molecular flexibility index (Phi) is 3.22. The van der Waals surface area contributed by atoms with Gasteiger partial charge in [0, 0.05) is 31.2 Å². The molecular weight excluding hydrogens is 250 g/mol. The molecule has 2 fully saturated rings. The normalized spacial score (nSPS) is 25.7. The van der Waals surface area contributed by atoms with Gasteiger partial charge < -0.3 is 10.2 Å². The average molecular weight is 266 g/mol. The molecule has 2 heterocycles. The first-order valence-electron chi connectivity index (χ1n) is 6.60. The van der Waals surface area contributed by atoms with Crippen molar-refractivity contribution in [1.82, 2.24) is 10.2 Å². The van der Waals surface area contributed by atoms with E-state index in [1.165, 1.54) is 18.2 Å². The SMILES string of the molecule is O=C(Cc1c(F)cccc1F)N1CC[C@H]2CNC[C@H]21. The van der Waals surface area contributed by atoms with Gasteiger partial charge in [-0.15, -0.1) is 0 Å². The molecule has 2 aliphatic rings. The van der Waals surface area contributed by atoms with Crippen molar-refractivity contribution >= 4 is 5.91 Å². The first kappa shape index (κ1) is 12.5. The summed E-state index contributed by atoms with van der Waals surface area (Å²) in [7, 11) is 0. The standard InChI is InChI=1S/C14H16F2N2O/c15-11-2-1-3-12(16)10(11)6-14(19)18-5-4-9-7-17-8-13(9)18/h1-3,9,13,17H,4-8H2/t9-,13+/m0/s1. The predicted molar refractivity (Wildman–Crippen MR) is 66.5 cm³/mol. The summed E-state index contributed by atoms with van der Waals surface area (Å²) in [5.74, 6) is -0.975. The van der Waals surface area contributed by atoms with Crippen LogP contribution >= 0.6 is 0 Å². The van der Waals surface area contributed by atoms with Crippen LogP contribution in [0.3, 0.4) is 0 Å². The summed E-state index contributed by atoms with van der Waals surface area (Å²) in [5.41, 5.74) is -0.123. The van der Waals surface area contributed by atoms with E-state index in [1.54, 1.807) is 4.90 Å². The quantitative estimate of drug-likeness (QED) is 0.876. The van der Waals surface area contributed by atoms with E-state index >= 15 is 0 Å². The van der Waals surface area contributed by atoms with Crippen LogP contribution in [-0.4, -0.2) is 36.5 Å². The Morgan fingerprint density at radius 2 is 2.05 bits per heavy atom. The number of fused-ring (bicyclic) bond motifs is 1. The number of carbonyl (C=O) groups is 1. The van der Waals surface area contributed by atoms with Gasteiger partial charge in [-0.05, 0) is 24.5 Å². The number of hydrogen-bond acceptors (Lipinski definition) is 2. The number of likely N-dealkylation sites (tertiary alicyclic amines) is 1. The Morgan fingerprint density at radius 3 is 2.79 bits per heavy atom. The lowest BCUT2D eigenvalue weighted by Gasteiger charge is -2.23. The fourth-order valence-electron chi connectivity index (χ4n) is 3.11. The van der Waals surface area contributed by atoms with Gasteiger partial charge in [-0.3, -0.25) is 4.79 Å². The predicted octanol–water partition coefficient (Wildman–Crippen LogP) is 1.33. The van der Waals surface area contributed by atoms with E-state index in [9.17, 15) is 13.6 Å². The number of benzene rings is 1. The van der Waals surface area contributed by atoms with Gasteiger partial charge in [-0.1, -0.05) is 6.07 Å². The fraction of sp³-hybridized carbons (Fsp3) is 0.500. The van der Waals surface area contributed by atoms with Gasteiger partial charge in [0.1, 0.15) is 11.6 Å². The molecule has 2 aliphatic heterocycles. The third-order valence-corrected chi connectivity index (χ3v) is 4.16. The smallest absolute Gasteiger partial charge is 0.227 e. The van der Waals surface area contributed by atoms with E-state index in [4.69, 9.17) is 0 Å². The second kappa shape index (κ2) is 4.89. The minimum absolute atomic E-state index is 0.123. The molecule has 0 bridgehead atoms. The van der Waals surface area contributed by atoms with E-state index in [0.717, 1.165) is 19.5 Å². The summed E-state index contributed by atoms with van der Waals surface area (Å²) in [6.45, 7) is 2.42. The average Bonchev–Trinajstić information content (AvgIpc) is 2.95. The van der Waals surface area contributed by atoms with Crippen LogP contribution in [-0.2, 0) is 11.2 Å². The molecule has 0 aromatic heterocycles. The molecule has 1 amide bonds. The largest absolute Gasteiger partial charge is 0.338 e. The summed E-state index contributed by atoms with van der Waals surface area (Å²) in [4.78, 5) is 14.0. The van der Waals surface area contributed by atoms with E-state index < -0.39 is 11.6 Å². The number of nitrogens with zero attached hydrogens (tertiary/aromatic N) is 1. The Morgan fingerprint density at radius 1 is 1.32 bits per heavy atom. The Hall–Kier alpha value is -1.49. The zero-order valence-corrected chi connectivity index (χ0v) is 10.5. The topological polar surface area (TPSA) is 32.3 Å². The van der Waals surface area contributed by atoms with E-state index in [1.807, 2.05) is 0 Å². The van der Waals surface area contributed by atoms with Crippen molar-refractivity contribution in [3.8, 4) is 0 Å². The van der Waals surface area contributed by atoms with Crippen LogP contribution in [0.2, 0.25) is 0 Å². The Bertz CT molecular complexity index is 486. The molecule has 0 unspecified atom stereocenters. The van der Waals surface area contributed by atoms with Gasteiger partial charge in [0.15, 0.2) is 0 Å². The van der Waals surface area contributed by atoms with Crippen molar-refractivity contribution < 1.29 is 13.6 Å². The highest BCUT2D eigenvalue weighted by molar-refractivity contribution is 5.79. The summed E-state index contributed by atoms with van der Waals surface area (Å²) < 4.78 is 27.1. The molecule has 3 nitrogen and oxygen atoms in total. The molecule has 2 atom stereocenters. The van der Waals surface area contributed by atoms with Crippen LogP contribution in [0.4, 0.5) is 8.78 Å². The highest BCUT2D eigenvalue weighted by Gasteiger charge is 2.39. The van der Waals surface area contributed by atoms with Gasteiger partial charge >= 0.3 is 0 Å². The summed E-state index contributed by atoms with van der Waals surface area (Å²) in [5, 5.41) is 3.25. The molecule has 102 valence electrons. The highest BCUT2D eigenvalue weighted by Crippen LogP contribution is 2.28. The summed E-state index contributed by atoms with van der Waals surface area (Å²) in [6.07, 6.45) is 0.783. The lowest BCUT2D eigenvalue weighted by Crippen LogP contribution is -2.40. The van der Waals surface area contributed by atoms with Gasteiger partial charge in [0.2, 0.25) is 5.91 Å². The minimum Gasteiger partial charge on any atom is -0.338 e. The molecule has 5 heteroatoms. The fourth-order valence-corrected chi connectivity index (χ4v) is 3.11. The first-order valence-corrected chi connectivity index (χ1v) is 6.60. The maximum atomic E-state index is 13.5. The highest BCUT2D eigenvalue weighted by atomic mass is 19.1. The number of hydrogen-bond donors (Lipinski definition) is 1. The maximum absolute atomic E-state index is 13.5. The minimum atomic E-state index is -0.645. The third kappa shape index (κ3) is 2.23. The van der Waals surface area contributed by atoms with Crippen LogP contribution in [0.5, 0.6) is 0 Å². The van der Waals surface area contributed by atoms with E-state index in [2.05, 4.69) is 5.32 Å². The van der Waals surface area contributed by atoms with Gasteiger partial charge in [-0.2, -0.15) is 0 Å². The number of nitrogens with one attached hydrogen (secondary N) is 1. The van der Waals surface area contributed by atoms with Gasteiger partial charge in [-0.25, -0.2) is 8.78 Å². The van der Waals surface area contributed by atoms with E-state index in [-0.39, 0.29) is 23.9 Å². The van der Waals surface area contributed by atoms with Crippen LogP contribution in [0.25, 0.3) is 0 Å². The molecule has 0 spiro atoms. The maximum Gasteiger partial charge on any atom is 0.227 e. The van der Waals surface area contributed by atoms with Crippen LogP contribution in [0.1, 0.15) is 12.0 Å². The van der Waals surface area contributed by atoms with Gasteiger partial charge in [0.25, 0.3) is 0 Å². The second-order valence-corrected chi connectivity index (χ2v) is 5.24. The van der Waals surface area contributed by atoms with E-state index in [0.29, 0.717) is 12.5 Å². The monoisotopic (exact) mass is 266 g/mol. The van der Waals surface area contributed by atoms with Crippen molar-refractivity contribution in [3.63, 3.8) is 0 Å². The lowest BCUT2D eigenvalue weighted by molar-refractivity contribution is -0.131.